The summed E-state index contributed by atoms with van der Waals surface area (Å²) in [6.45, 7) is 2.98. The van der Waals surface area contributed by atoms with Crippen molar-refractivity contribution in [3.05, 3.63) is 91.7 Å². The van der Waals surface area contributed by atoms with Gasteiger partial charge in [-0.15, -0.1) is 0 Å². The molecule has 9 nitrogen and oxygen atoms in total. The zero-order valence-electron chi connectivity index (χ0n) is 23.1. The summed E-state index contributed by atoms with van der Waals surface area (Å²) < 4.78 is 27.1. The Morgan fingerprint density at radius 2 is 1.51 bits per heavy atom. The number of rotatable bonds is 8. The van der Waals surface area contributed by atoms with Gasteiger partial charge in [0, 0.05) is 38.5 Å². The van der Waals surface area contributed by atoms with E-state index in [1.165, 1.54) is 21.3 Å². The Morgan fingerprint density at radius 3 is 2.12 bits per heavy atom. The van der Waals surface area contributed by atoms with Gasteiger partial charge in [-0.05, 0) is 24.1 Å². The van der Waals surface area contributed by atoms with Gasteiger partial charge in [0.25, 0.3) is 0 Å². The SMILES string of the molecule is COC(=O)CC1=C(C(=O)OC)C(c2c(Cl)cccc2Cl)C(C(=O)OC)=C(C(C)c2ccccc2C2OCCCO2)N1. The highest BCUT2D eigenvalue weighted by Gasteiger charge is 2.43. The third-order valence-electron chi connectivity index (χ3n) is 7.10. The fraction of sp³-hybridized carbons (Fsp3) is 0.367. The molecule has 1 saturated heterocycles. The van der Waals surface area contributed by atoms with Crippen LogP contribution in [0.25, 0.3) is 0 Å². The van der Waals surface area contributed by atoms with E-state index in [4.69, 9.17) is 46.9 Å². The highest BCUT2D eigenvalue weighted by molar-refractivity contribution is 6.36. The second-order valence-electron chi connectivity index (χ2n) is 9.43. The van der Waals surface area contributed by atoms with E-state index in [0.717, 1.165) is 17.5 Å². The second kappa shape index (κ2) is 13.5. The molecule has 4 rings (SSSR count). The normalized spacial score (nSPS) is 18.4. The first-order chi connectivity index (χ1) is 19.7. The first kappa shape index (κ1) is 30.6. The highest BCUT2D eigenvalue weighted by atomic mass is 35.5. The van der Waals surface area contributed by atoms with Gasteiger partial charge in [-0.25, -0.2) is 9.59 Å². The first-order valence-electron chi connectivity index (χ1n) is 13.0. The van der Waals surface area contributed by atoms with E-state index < -0.39 is 36.0 Å². The van der Waals surface area contributed by atoms with Crippen LogP contribution in [0.2, 0.25) is 10.0 Å². The number of halogens is 2. The molecule has 2 aliphatic heterocycles. The van der Waals surface area contributed by atoms with Crippen molar-refractivity contribution in [1.29, 1.82) is 0 Å². The molecule has 11 heteroatoms. The average molecular weight is 604 g/mol. The van der Waals surface area contributed by atoms with Gasteiger partial charge < -0.3 is 29.0 Å². The number of ether oxygens (including phenoxy) is 5. The van der Waals surface area contributed by atoms with Crippen LogP contribution in [-0.4, -0.2) is 52.5 Å². The number of carbonyl (C=O) groups excluding carboxylic acids is 3. The number of methoxy groups -OCH3 is 3. The van der Waals surface area contributed by atoms with Crippen LogP contribution in [-0.2, 0) is 38.1 Å². The van der Waals surface area contributed by atoms with Crippen LogP contribution in [0.5, 0.6) is 0 Å². The fourth-order valence-electron chi connectivity index (χ4n) is 5.18. The van der Waals surface area contributed by atoms with Gasteiger partial charge in [0.05, 0.1) is 58.0 Å². The monoisotopic (exact) mass is 603 g/mol. The number of carbonyl (C=O) groups is 3. The van der Waals surface area contributed by atoms with Crippen LogP contribution in [0.3, 0.4) is 0 Å². The Balaban J connectivity index is 2.01. The summed E-state index contributed by atoms with van der Waals surface area (Å²) in [5.41, 5.74) is 2.50. The van der Waals surface area contributed by atoms with E-state index in [0.29, 0.717) is 18.9 Å². The molecule has 2 aromatic carbocycles. The number of esters is 3. The van der Waals surface area contributed by atoms with Gasteiger partial charge in [0.15, 0.2) is 6.29 Å². The van der Waals surface area contributed by atoms with Crippen LogP contribution < -0.4 is 5.32 Å². The molecule has 0 aromatic heterocycles. The topological polar surface area (TPSA) is 109 Å². The Bertz CT molecular complexity index is 1380. The van der Waals surface area contributed by atoms with Crippen LogP contribution in [0, 0.1) is 0 Å². The molecular weight excluding hydrogens is 573 g/mol. The van der Waals surface area contributed by atoms with Crippen molar-refractivity contribution >= 4 is 41.1 Å². The van der Waals surface area contributed by atoms with Gasteiger partial charge in [-0.1, -0.05) is 60.5 Å². The predicted molar refractivity (Wildman–Crippen MR) is 151 cm³/mol. The minimum atomic E-state index is -1.14. The lowest BCUT2D eigenvalue weighted by molar-refractivity contribution is -0.183. The van der Waals surface area contributed by atoms with Crippen molar-refractivity contribution in [1.82, 2.24) is 5.32 Å². The molecule has 2 unspecified atom stereocenters. The van der Waals surface area contributed by atoms with E-state index in [1.54, 1.807) is 18.2 Å². The largest absolute Gasteiger partial charge is 0.469 e. The van der Waals surface area contributed by atoms with Crippen molar-refractivity contribution in [2.45, 2.75) is 37.9 Å². The lowest BCUT2D eigenvalue weighted by Crippen LogP contribution is -2.36. The molecular formula is C30H31Cl2NO8. The van der Waals surface area contributed by atoms with Gasteiger partial charge in [0.1, 0.15) is 0 Å². The number of allylic oxidation sites excluding steroid dienone is 1. The van der Waals surface area contributed by atoms with E-state index >= 15 is 0 Å². The number of hydrogen-bond donors (Lipinski definition) is 1. The average Bonchev–Trinajstić information content (AvgIpc) is 3.00. The van der Waals surface area contributed by atoms with Crippen molar-refractivity contribution in [2.24, 2.45) is 0 Å². The molecule has 0 bridgehead atoms. The molecule has 1 fully saturated rings. The van der Waals surface area contributed by atoms with Crippen LogP contribution in [0.1, 0.15) is 54.6 Å². The quantitative estimate of drug-likeness (QED) is 0.316. The summed E-state index contributed by atoms with van der Waals surface area (Å²) in [5.74, 6) is -3.76. The molecule has 218 valence electrons. The van der Waals surface area contributed by atoms with Crippen molar-refractivity contribution in [3.63, 3.8) is 0 Å². The van der Waals surface area contributed by atoms with Crippen LogP contribution >= 0.6 is 23.2 Å². The van der Waals surface area contributed by atoms with Gasteiger partial charge in [-0.3, -0.25) is 4.79 Å². The summed E-state index contributed by atoms with van der Waals surface area (Å²) in [6, 6.07) is 12.4. The van der Waals surface area contributed by atoms with E-state index in [9.17, 15) is 14.4 Å². The smallest absolute Gasteiger partial charge is 0.336 e. The number of dihydropyridines is 1. The Kier molecular flexibility index (Phi) is 10.1. The van der Waals surface area contributed by atoms with Crippen molar-refractivity contribution in [2.75, 3.05) is 34.5 Å². The van der Waals surface area contributed by atoms with E-state index in [-0.39, 0.29) is 38.9 Å². The van der Waals surface area contributed by atoms with Crippen LogP contribution in [0.15, 0.2) is 65.0 Å². The van der Waals surface area contributed by atoms with Crippen LogP contribution in [0.4, 0.5) is 0 Å². The molecule has 1 N–H and O–H groups in total. The minimum absolute atomic E-state index is 0.0171. The van der Waals surface area contributed by atoms with E-state index in [2.05, 4.69) is 5.32 Å². The molecule has 0 radical (unpaired) electrons. The molecule has 2 aromatic rings. The highest BCUT2D eigenvalue weighted by Crippen LogP contribution is 2.48. The molecule has 0 saturated carbocycles. The standard InChI is InChI=1S/C30H31Cl2NO8/c1-16(17-9-5-6-10-18(17)30-40-13-8-14-41-30)27-26(29(36)39-4)25(23-19(31)11-7-12-20(23)32)24(28(35)38-3)21(33-27)15-22(34)37-2/h5-7,9-12,16,25,30,33H,8,13-15H2,1-4H3. The predicted octanol–water partition coefficient (Wildman–Crippen LogP) is 5.34. The van der Waals surface area contributed by atoms with Crippen molar-refractivity contribution in [3.8, 4) is 0 Å². The Labute approximate surface area is 248 Å². The number of benzene rings is 2. The lowest BCUT2D eigenvalue weighted by atomic mass is 9.76. The molecule has 2 heterocycles. The molecule has 2 atom stereocenters. The minimum Gasteiger partial charge on any atom is -0.469 e. The first-order valence-corrected chi connectivity index (χ1v) is 13.7. The molecule has 0 amide bonds. The van der Waals surface area contributed by atoms with Crippen molar-refractivity contribution < 1.29 is 38.1 Å². The maximum Gasteiger partial charge on any atom is 0.336 e. The zero-order valence-corrected chi connectivity index (χ0v) is 24.6. The van der Waals surface area contributed by atoms with E-state index in [1.807, 2.05) is 31.2 Å². The summed E-state index contributed by atoms with van der Waals surface area (Å²) in [5, 5.41) is 3.62. The lowest BCUT2D eigenvalue weighted by Gasteiger charge is -2.36. The third-order valence-corrected chi connectivity index (χ3v) is 7.76. The summed E-state index contributed by atoms with van der Waals surface area (Å²) in [6.07, 6.45) is -0.135. The molecule has 0 spiro atoms. The maximum atomic E-state index is 13.6. The number of hydrogen-bond acceptors (Lipinski definition) is 9. The molecule has 2 aliphatic rings. The molecule has 41 heavy (non-hydrogen) atoms. The summed E-state index contributed by atoms with van der Waals surface area (Å²) in [7, 11) is 3.69. The summed E-state index contributed by atoms with van der Waals surface area (Å²) >= 11 is 13.3. The third kappa shape index (κ3) is 6.28. The zero-order chi connectivity index (χ0) is 29.7. The molecule has 0 aliphatic carbocycles. The second-order valence-corrected chi connectivity index (χ2v) is 10.2. The Morgan fingerprint density at radius 1 is 0.902 bits per heavy atom. The maximum absolute atomic E-state index is 13.6. The fourth-order valence-corrected chi connectivity index (χ4v) is 5.79. The summed E-state index contributed by atoms with van der Waals surface area (Å²) in [4.78, 5) is 39.5. The van der Waals surface area contributed by atoms with Gasteiger partial charge in [0.2, 0.25) is 0 Å². The Hall–Kier alpha value is -3.37. The van der Waals surface area contributed by atoms with Gasteiger partial charge in [-0.2, -0.15) is 0 Å². The number of nitrogens with one attached hydrogen (secondary N) is 1. The van der Waals surface area contributed by atoms with Gasteiger partial charge >= 0.3 is 17.9 Å².